The summed E-state index contributed by atoms with van der Waals surface area (Å²) in [6.45, 7) is 0. The normalized spacial score (nSPS) is 11.6. The zero-order chi connectivity index (χ0) is 19.8. The number of rotatable bonds is 3. The average molecular weight is 376 g/mol. The number of aryl methyl sites for hydroxylation is 1. The minimum Gasteiger partial charge on any atom is -0.398 e. The van der Waals surface area contributed by atoms with E-state index in [1.165, 1.54) is 0 Å². The molecular formula is C25H20N4. The van der Waals surface area contributed by atoms with Crippen LogP contribution in [0, 0.1) is 0 Å². The van der Waals surface area contributed by atoms with Crippen LogP contribution in [0.15, 0.2) is 79.1 Å². The molecule has 0 aliphatic heterocycles. The van der Waals surface area contributed by atoms with E-state index >= 15 is 0 Å². The van der Waals surface area contributed by atoms with Gasteiger partial charge in [-0.3, -0.25) is 9.67 Å². The van der Waals surface area contributed by atoms with Gasteiger partial charge in [0.1, 0.15) is 0 Å². The number of benzene rings is 3. The van der Waals surface area contributed by atoms with Crippen LogP contribution in [-0.4, -0.2) is 14.8 Å². The highest BCUT2D eigenvalue weighted by atomic mass is 15.3. The second-order valence-electron chi connectivity index (χ2n) is 7.11. The van der Waals surface area contributed by atoms with Gasteiger partial charge in [-0.15, -0.1) is 0 Å². The van der Waals surface area contributed by atoms with E-state index in [4.69, 9.17) is 10.8 Å². The van der Waals surface area contributed by atoms with Crippen molar-refractivity contribution in [2.45, 2.75) is 0 Å². The van der Waals surface area contributed by atoms with Crippen molar-refractivity contribution in [2.24, 2.45) is 7.05 Å². The van der Waals surface area contributed by atoms with Crippen LogP contribution in [0.2, 0.25) is 0 Å². The molecule has 29 heavy (non-hydrogen) atoms. The highest BCUT2D eigenvalue weighted by molar-refractivity contribution is 6.03. The van der Waals surface area contributed by atoms with Gasteiger partial charge in [-0.05, 0) is 40.8 Å². The fourth-order valence-electron chi connectivity index (χ4n) is 3.77. The molecule has 0 atom stereocenters. The third-order valence-corrected chi connectivity index (χ3v) is 5.26. The summed E-state index contributed by atoms with van der Waals surface area (Å²) in [5, 5.41) is 7.89. The van der Waals surface area contributed by atoms with Gasteiger partial charge in [0.15, 0.2) is 0 Å². The standard InChI is InChI=1S/C25H20N4/c1-29-25-13-11-18(21-15-27-16-22-19(21)8-5-9-23(22)26)14-20(25)24(28-29)12-10-17-6-3-2-4-7-17/h2-16H,26H2,1H3/b12-10+. The Balaban J connectivity index is 1.66. The van der Waals surface area contributed by atoms with Crippen LogP contribution in [0.25, 0.3) is 45.0 Å². The molecule has 0 fully saturated rings. The zero-order valence-corrected chi connectivity index (χ0v) is 16.1. The maximum atomic E-state index is 6.15. The summed E-state index contributed by atoms with van der Waals surface area (Å²) in [4.78, 5) is 4.42. The molecule has 0 aliphatic carbocycles. The minimum atomic E-state index is 0.741. The highest BCUT2D eigenvalue weighted by Crippen LogP contribution is 2.33. The lowest BCUT2D eigenvalue weighted by molar-refractivity contribution is 0.793. The molecule has 0 amide bonds. The molecule has 4 nitrogen and oxygen atoms in total. The van der Waals surface area contributed by atoms with Crippen molar-refractivity contribution in [3.05, 3.63) is 90.4 Å². The average Bonchev–Trinajstić information content (AvgIpc) is 3.08. The Morgan fingerprint density at radius 3 is 2.55 bits per heavy atom. The Kier molecular flexibility index (Phi) is 4.10. The Bertz CT molecular complexity index is 1360. The predicted octanol–water partition coefficient (Wildman–Crippen LogP) is 5.54. The molecule has 0 radical (unpaired) electrons. The maximum absolute atomic E-state index is 6.15. The van der Waals surface area contributed by atoms with Crippen LogP contribution in [0.3, 0.4) is 0 Å². The van der Waals surface area contributed by atoms with E-state index in [0.29, 0.717) is 0 Å². The van der Waals surface area contributed by atoms with Crippen LogP contribution in [-0.2, 0) is 7.05 Å². The first-order valence-corrected chi connectivity index (χ1v) is 9.53. The first-order chi connectivity index (χ1) is 14.2. The number of nitrogen functional groups attached to an aromatic ring is 1. The summed E-state index contributed by atoms with van der Waals surface area (Å²) < 4.78 is 1.92. The topological polar surface area (TPSA) is 56.7 Å². The Hall–Kier alpha value is -3.92. The molecule has 3 aromatic carbocycles. The summed E-state index contributed by atoms with van der Waals surface area (Å²) in [6, 6.07) is 22.7. The fraction of sp³-hybridized carbons (Fsp3) is 0.0400. The molecule has 2 N–H and O–H groups in total. The van der Waals surface area contributed by atoms with E-state index in [0.717, 1.165) is 49.7 Å². The van der Waals surface area contributed by atoms with Gasteiger partial charge in [0.05, 0.1) is 11.2 Å². The smallest absolute Gasteiger partial charge is 0.0930 e. The number of nitrogens with zero attached hydrogens (tertiary/aromatic N) is 3. The van der Waals surface area contributed by atoms with Gasteiger partial charge in [0, 0.05) is 41.5 Å². The van der Waals surface area contributed by atoms with Crippen LogP contribution >= 0.6 is 0 Å². The number of anilines is 1. The summed E-state index contributed by atoms with van der Waals surface area (Å²) in [5.41, 5.74) is 12.2. The van der Waals surface area contributed by atoms with Crippen LogP contribution in [0.5, 0.6) is 0 Å². The third-order valence-electron chi connectivity index (χ3n) is 5.26. The summed E-state index contributed by atoms with van der Waals surface area (Å²) in [7, 11) is 1.97. The number of nitrogens with two attached hydrogens (primary N) is 1. The molecule has 5 rings (SSSR count). The first-order valence-electron chi connectivity index (χ1n) is 9.53. The van der Waals surface area contributed by atoms with Crippen molar-refractivity contribution in [1.82, 2.24) is 14.8 Å². The van der Waals surface area contributed by atoms with Crippen LogP contribution in [0.4, 0.5) is 5.69 Å². The molecule has 140 valence electrons. The predicted molar refractivity (Wildman–Crippen MR) is 121 cm³/mol. The zero-order valence-electron chi connectivity index (χ0n) is 16.1. The molecular weight excluding hydrogens is 356 g/mol. The van der Waals surface area contributed by atoms with E-state index in [-0.39, 0.29) is 0 Å². The van der Waals surface area contributed by atoms with E-state index in [9.17, 15) is 0 Å². The van der Waals surface area contributed by atoms with Crippen molar-refractivity contribution in [2.75, 3.05) is 5.73 Å². The van der Waals surface area contributed by atoms with Gasteiger partial charge in [0.2, 0.25) is 0 Å². The molecule has 0 saturated carbocycles. The summed E-state index contributed by atoms with van der Waals surface area (Å²) in [6.07, 6.45) is 7.89. The molecule has 2 heterocycles. The molecule has 0 unspecified atom stereocenters. The number of fused-ring (bicyclic) bond motifs is 2. The van der Waals surface area contributed by atoms with Crippen molar-refractivity contribution < 1.29 is 0 Å². The van der Waals surface area contributed by atoms with E-state index in [2.05, 4.69) is 53.5 Å². The minimum absolute atomic E-state index is 0.741. The van der Waals surface area contributed by atoms with E-state index in [1.54, 1.807) is 0 Å². The van der Waals surface area contributed by atoms with E-state index < -0.39 is 0 Å². The molecule has 0 bridgehead atoms. The molecule has 0 saturated heterocycles. The molecule has 0 aliphatic rings. The lowest BCUT2D eigenvalue weighted by Gasteiger charge is -2.08. The number of aromatic nitrogens is 3. The fourth-order valence-corrected chi connectivity index (χ4v) is 3.77. The Morgan fingerprint density at radius 1 is 0.828 bits per heavy atom. The molecule has 4 heteroatoms. The van der Waals surface area contributed by atoms with Gasteiger partial charge in [-0.1, -0.05) is 54.6 Å². The monoisotopic (exact) mass is 376 g/mol. The number of hydrogen-bond acceptors (Lipinski definition) is 3. The maximum Gasteiger partial charge on any atom is 0.0930 e. The highest BCUT2D eigenvalue weighted by Gasteiger charge is 2.11. The van der Waals surface area contributed by atoms with Gasteiger partial charge in [-0.25, -0.2) is 0 Å². The second kappa shape index (κ2) is 6.91. The van der Waals surface area contributed by atoms with Crippen molar-refractivity contribution >= 4 is 39.5 Å². The van der Waals surface area contributed by atoms with Crippen molar-refractivity contribution in [3.63, 3.8) is 0 Å². The van der Waals surface area contributed by atoms with Crippen molar-refractivity contribution in [3.8, 4) is 11.1 Å². The first kappa shape index (κ1) is 17.2. The SMILES string of the molecule is Cn1nc(/C=C/c2ccccc2)c2cc(-c3cncc4c(N)cccc34)ccc21. The summed E-state index contributed by atoms with van der Waals surface area (Å²) in [5.74, 6) is 0. The summed E-state index contributed by atoms with van der Waals surface area (Å²) >= 11 is 0. The molecule has 2 aromatic heterocycles. The molecule has 5 aromatic rings. The Morgan fingerprint density at radius 2 is 1.69 bits per heavy atom. The van der Waals surface area contributed by atoms with Gasteiger partial charge in [0.25, 0.3) is 0 Å². The van der Waals surface area contributed by atoms with Crippen molar-refractivity contribution in [1.29, 1.82) is 0 Å². The van der Waals surface area contributed by atoms with Crippen LogP contribution in [0.1, 0.15) is 11.3 Å². The second-order valence-corrected chi connectivity index (χ2v) is 7.11. The number of hydrogen-bond donors (Lipinski definition) is 1. The quantitative estimate of drug-likeness (QED) is 0.421. The van der Waals surface area contributed by atoms with Gasteiger partial charge >= 0.3 is 0 Å². The largest absolute Gasteiger partial charge is 0.398 e. The lowest BCUT2D eigenvalue weighted by Crippen LogP contribution is -1.90. The lowest BCUT2D eigenvalue weighted by atomic mass is 9.98. The van der Waals surface area contributed by atoms with Crippen LogP contribution < -0.4 is 5.73 Å². The van der Waals surface area contributed by atoms with Gasteiger partial charge in [-0.2, -0.15) is 5.10 Å². The third kappa shape index (κ3) is 3.05. The number of pyridine rings is 1. The van der Waals surface area contributed by atoms with Gasteiger partial charge < -0.3 is 5.73 Å². The van der Waals surface area contributed by atoms with E-state index in [1.807, 2.05) is 54.5 Å². The molecule has 0 spiro atoms. The Labute approximate surface area is 168 Å².